The second-order valence-corrected chi connectivity index (χ2v) is 4.43. The van der Waals surface area contributed by atoms with Crippen molar-refractivity contribution in [2.45, 2.75) is 0 Å². The van der Waals surface area contributed by atoms with E-state index in [0.29, 0.717) is 10.8 Å². The van der Waals surface area contributed by atoms with Crippen molar-refractivity contribution in [3.8, 4) is 11.5 Å². The van der Waals surface area contributed by atoms with Gasteiger partial charge in [-0.05, 0) is 30.3 Å². The van der Waals surface area contributed by atoms with Gasteiger partial charge in [-0.25, -0.2) is 4.39 Å². The molecule has 0 unspecified atom stereocenters. The van der Waals surface area contributed by atoms with Gasteiger partial charge in [0.1, 0.15) is 22.9 Å². The quantitative estimate of drug-likeness (QED) is 0.806. The van der Waals surface area contributed by atoms with E-state index >= 15 is 0 Å². The summed E-state index contributed by atoms with van der Waals surface area (Å²) in [5, 5.41) is 0.365. The Bertz CT molecular complexity index is 656. The molecule has 0 saturated carbocycles. The molecule has 5 heteroatoms. The maximum Gasteiger partial charge on any atom is 0.203 e. The minimum absolute atomic E-state index is 0.143. The van der Waals surface area contributed by atoms with Crippen molar-refractivity contribution >= 4 is 17.4 Å². The summed E-state index contributed by atoms with van der Waals surface area (Å²) in [6, 6.07) is 8.79. The molecule has 0 radical (unpaired) electrons. The van der Waals surface area contributed by atoms with Crippen molar-refractivity contribution in [3.63, 3.8) is 0 Å². The average Bonchev–Trinajstić information content (AvgIpc) is 2.46. The number of ketones is 1. The Balaban J connectivity index is 2.60. The van der Waals surface area contributed by atoms with Crippen LogP contribution in [0.2, 0.25) is 5.02 Å². The second-order valence-electron chi connectivity index (χ2n) is 3.99. The summed E-state index contributed by atoms with van der Waals surface area (Å²) >= 11 is 5.89. The summed E-state index contributed by atoms with van der Waals surface area (Å²) in [4.78, 5) is 12.5. The van der Waals surface area contributed by atoms with Crippen molar-refractivity contribution in [2.24, 2.45) is 0 Å². The van der Waals surface area contributed by atoms with E-state index in [1.54, 1.807) is 12.1 Å². The first-order chi connectivity index (χ1) is 9.58. The van der Waals surface area contributed by atoms with Crippen LogP contribution in [0.4, 0.5) is 4.39 Å². The number of halogens is 2. The predicted molar refractivity (Wildman–Crippen MR) is 74.4 cm³/mol. The van der Waals surface area contributed by atoms with Crippen LogP contribution in [0.25, 0.3) is 0 Å². The molecule has 0 bridgehead atoms. The Morgan fingerprint density at radius 3 is 2.45 bits per heavy atom. The molecular weight excluding hydrogens is 283 g/mol. The van der Waals surface area contributed by atoms with Crippen LogP contribution in [-0.2, 0) is 0 Å². The SMILES string of the molecule is COc1ccc(Cl)cc1C(=O)c1c(F)cccc1OC. The third-order valence-electron chi connectivity index (χ3n) is 2.83. The molecule has 0 aromatic heterocycles. The number of rotatable bonds is 4. The lowest BCUT2D eigenvalue weighted by molar-refractivity contribution is 0.102. The summed E-state index contributed by atoms with van der Waals surface area (Å²) < 4.78 is 24.1. The van der Waals surface area contributed by atoms with Gasteiger partial charge in [0, 0.05) is 5.02 Å². The zero-order valence-electron chi connectivity index (χ0n) is 10.9. The first-order valence-electron chi connectivity index (χ1n) is 5.79. The lowest BCUT2D eigenvalue weighted by atomic mass is 10.0. The van der Waals surface area contributed by atoms with E-state index < -0.39 is 11.6 Å². The van der Waals surface area contributed by atoms with Crippen molar-refractivity contribution in [3.05, 3.63) is 58.4 Å². The molecule has 2 aromatic rings. The van der Waals surface area contributed by atoms with Gasteiger partial charge in [-0.2, -0.15) is 0 Å². The van der Waals surface area contributed by atoms with Gasteiger partial charge in [0.15, 0.2) is 0 Å². The fraction of sp³-hybridized carbons (Fsp3) is 0.133. The van der Waals surface area contributed by atoms with Crippen LogP contribution < -0.4 is 9.47 Å². The van der Waals surface area contributed by atoms with Crippen LogP contribution in [0.1, 0.15) is 15.9 Å². The van der Waals surface area contributed by atoms with Gasteiger partial charge in [-0.1, -0.05) is 17.7 Å². The lowest BCUT2D eigenvalue weighted by Gasteiger charge is -2.11. The monoisotopic (exact) mass is 294 g/mol. The van der Waals surface area contributed by atoms with Crippen molar-refractivity contribution in [1.29, 1.82) is 0 Å². The molecule has 2 rings (SSSR count). The summed E-state index contributed by atoms with van der Waals surface area (Å²) in [5.41, 5.74) is 0.0407. The minimum Gasteiger partial charge on any atom is -0.496 e. The zero-order valence-corrected chi connectivity index (χ0v) is 11.7. The summed E-state index contributed by atoms with van der Waals surface area (Å²) in [6.45, 7) is 0. The number of methoxy groups -OCH3 is 2. The van der Waals surface area contributed by atoms with Crippen LogP contribution in [0, 0.1) is 5.82 Å². The molecule has 0 atom stereocenters. The van der Waals surface area contributed by atoms with Crippen LogP contribution in [0.3, 0.4) is 0 Å². The number of hydrogen-bond donors (Lipinski definition) is 0. The smallest absolute Gasteiger partial charge is 0.203 e. The molecule has 0 fully saturated rings. The molecule has 3 nitrogen and oxygen atoms in total. The summed E-state index contributed by atoms with van der Waals surface area (Å²) in [7, 11) is 2.80. The Morgan fingerprint density at radius 2 is 1.80 bits per heavy atom. The van der Waals surface area contributed by atoms with E-state index in [2.05, 4.69) is 0 Å². The minimum atomic E-state index is -0.656. The average molecular weight is 295 g/mol. The zero-order chi connectivity index (χ0) is 14.7. The topological polar surface area (TPSA) is 35.5 Å². The third kappa shape index (κ3) is 2.60. The van der Waals surface area contributed by atoms with E-state index in [-0.39, 0.29) is 16.9 Å². The molecule has 0 saturated heterocycles. The molecule has 0 aliphatic rings. The standard InChI is InChI=1S/C15H12ClFO3/c1-19-12-7-6-9(16)8-10(12)15(18)14-11(17)4-3-5-13(14)20-2/h3-8H,1-2H3. The van der Waals surface area contributed by atoms with Crippen LogP contribution in [-0.4, -0.2) is 20.0 Å². The Morgan fingerprint density at radius 1 is 1.10 bits per heavy atom. The molecule has 0 aliphatic heterocycles. The molecule has 0 heterocycles. The highest BCUT2D eigenvalue weighted by molar-refractivity contribution is 6.31. The van der Waals surface area contributed by atoms with Crippen molar-refractivity contribution in [2.75, 3.05) is 14.2 Å². The number of hydrogen-bond acceptors (Lipinski definition) is 3. The van der Waals surface area contributed by atoms with Crippen LogP contribution in [0.5, 0.6) is 11.5 Å². The van der Waals surface area contributed by atoms with E-state index in [4.69, 9.17) is 21.1 Å². The van der Waals surface area contributed by atoms with Gasteiger partial charge < -0.3 is 9.47 Å². The third-order valence-corrected chi connectivity index (χ3v) is 3.06. The molecule has 0 spiro atoms. The van der Waals surface area contributed by atoms with Gasteiger partial charge in [0.25, 0.3) is 0 Å². The number of carbonyl (C=O) groups is 1. The number of carbonyl (C=O) groups excluding carboxylic acids is 1. The lowest BCUT2D eigenvalue weighted by Crippen LogP contribution is -2.08. The van der Waals surface area contributed by atoms with E-state index in [1.165, 1.54) is 38.5 Å². The van der Waals surface area contributed by atoms with Crippen molar-refractivity contribution < 1.29 is 18.7 Å². The van der Waals surface area contributed by atoms with E-state index in [9.17, 15) is 9.18 Å². The normalized spacial score (nSPS) is 10.2. The molecule has 0 aliphatic carbocycles. The predicted octanol–water partition coefficient (Wildman–Crippen LogP) is 3.73. The van der Waals surface area contributed by atoms with Gasteiger partial charge in [0.2, 0.25) is 5.78 Å². The van der Waals surface area contributed by atoms with E-state index in [1.807, 2.05) is 0 Å². The highest BCUT2D eigenvalue weighted by Crippen LogP contribution is 2.30. The highest BCUT2D eigenvalue weighted by atomic mass is 35.5. The second kappa shape index (κ2) is 5.92. The van der Waals surface area contributed by atoms with Gasteiger partial charge in [0.05, 0.1) is 19.8 Å². The molecule has 20 heavy (non-hydrogen) atoms. The Kier molecular flexibility index (Phi) is 4.25. The summed E-state index contributed by atoms with van der Waals surface area (Å²) in [6.07, 6.45) is 0. The van der Waals surface area contributed by atoms with Crippen LogP contribution in [0.15, 0.2) is 36.4 Å². The van der Waals surface area contributed by atoms with Gasteiger partial charge in [-0.3, -0.25) is 4.79 Å². The largest absolute Gasteiger partial charge is 0.496 e. The molecule has 2 aromatic carbocycles. The van der Waals surface area contributed by atoms with Crippen LogP contribution >= 0.6 is 11.6 Å². The fourth-order valence-corrected chi connectivity index (χ4v) is 2.06. The summed E-state index contributed by atoms with van der Waals surface area (Å²) in [5.74, 6) is -0.711. The first kappa shape index (κ1) is 14.3. The molecule has 0 amide bonds. The Hall–Kier alpha value is -2.07. The van der Waals surface area contributed by atoms with Gasteiger partial charge in [-0.15, -0.1) is 0 Å². The number of benzene rings is 2. The maximum atomic E-state index is 13.9. The molecule has 0 N–H and O–H groups in total. The van der Waals surface area contributed by atoms with Crippen molar-refractivity contribution in [1.82, 2.24) is 0 Å². The molecule has 104 valence electrons. The Labute approximate surface area is 120 Å². The first-order valence-corrected chi connectivity index (χ1v) is 6.17. The molecular formula is C15H12ClFO3. The highest BCUT2D eigenvalue weighted by Gasteiger charge is 2.22. The maximum absolute atomic E-state index is 13.9. The fourth-order valence-electron chi connectivity index (χ4n) is 1.89. The van der Waals surface area contributed by atoms with E-state index in [0.717, 1.165) is 0 Å². The number of ether oxygens (including phenoxy) is 2. The van der Waals surface area contributed by atoms with Gasteiger partial charge >= 0.3 is 0 Å².